The highest BCUT2D eigenvalue weighted by molar-refractivity contribution is 5.39. The molecule has 0 atom stereocenters. The monoisotopic (exact) mass is 226 g/mol. The second kappa shape index (κ2) is 4.04. The van der Waals surface area contributed by atoms with E-state index in [1.54, 1.807) is 19.2 Å². The molecule has 0 bridgehead atoms. The van der Waals surface area contributed by atoms with E-state index in [1.165, 1.54) is 6.07 Å². The van der Waals surface area contributed by atoms with Crippen molar-refractivity contribution in [1.82, 2.24) is 0 Å². The van der Waals surface area contributed by atoms with E-state index in [-0.39, 0.29) is 5.56 Å². The van der Waals surface area contributed by atoms with Gasteiger partial charge in [0, 0.05) is 11.5 Å². The van der Waals surface area contributed by atoms with Crippen molar-refractivity contribution in [3.63, 3.8) is 0 Å². The molecule has 0 heterocycles. The van der Waals surface area contributed by atoms with Crippen molar-refractivity contribution in [2.75, 3.05) is 7.11 Å². The molecule has 1 aromatic carbocycles. The second-order valence-electron chi connectivity index (χ2n) is 4.28. The molecule has 1 aromatic rings. The molecular weight excluding hydrogens is 210 g/mol. The van der Waals surface area contributed by atoms with Crippen molar-refractivity contribution in [2.24, 2.45) is 5.92 Å². The van der Waals surface area contributed by atoms with Crippen molar-refractivity contribution in [1.29, 1.82) is 0 Å². The molecule has 0 amide bonds. The van der Waals surface area contributed by atoms with Crippen molar-refractivity contribution >= 4 is 0 Å². The predicted octanol–water partition coefficient (Wildman–Crippen LogP) is 3.76. The zero-order valence-electron chi connectivity index (χ0n) is 9.59. The lowest BCUT2D eigenvalue weighted by molar-refractivity contribution is -0.0286. The van der Waals surface area contributed by atoms with Crippen LogP contribution < -0.4 is 4.74 Å². The highest BCUT2D eigenvalue weighted by atomic mass is 19.3. The number of hydrogen-bond donors (Lipinski definition) is 0. The van der Waals surface area contributed by atoms with Crippen LogP contribution in [-0.2, 0) is 12.3 Å². The van der Waals surface area contributed by atoms with Gasteiger partial charge in [0.25, 0.3) is 5.92 Å². The summed E-state index contributed by atoms with van der Waals surface area (Å²) in [5.74, 6) is -2.43. The van der Waals surface area contributed by atoms with Gasteiger partial charge in [-0.3, -0.25) is 0 Å². The van der Waals surface area contributed by atoms with E-state index in [2.05, 4.69) is 0 Å². The van der Waals surface area contributed by atoms with E-state index in [1.807, 2.05) is 6.92 Å². The van der Waals surface area contributed by atoms with E-state index in [0.717, 1.165) is 5.56 Å². The summed E-state index contributed by atoms with van der Waals surface area (Å²) in [7, 11) is 1.56. The van der Waals surface area contributed by atoms with Gasteiger partial charge >= 0.3 is 0 Å². The Labute approximate surface area is 94.4 Å². The molecule has 0 unspecified atom stereocenters. The fraction of sp³-hybridized carbons (Fsp3) is 0.538. The van der Waals surface area contributed by atoms with Crippen LogP contribution in [0.25, 0.3) is 0 Å². The Morgan fingerprint density at radius 3 is 2.56 bits per heavy atom. The van der Waals surface area contributed by atoms with Gasteiger partial charge in [-0.05, 0) is 43.0 Å². The Balaban J connectivity index is 2.35. The van der Waals surface area contributed by atoms with Crippen molar-refractivity contribution in [3.8, 4) is 5.75 Å². The lowest BCUT2D eigenvalue weighted by Gasteiger charge is -2.18. The summed E-state index contributed by atoms with van der Waals surface area (Å²) < 4.78 is 32.8. The van der Waals surface area contributed by atoms with Gasteiger partial charge in [-0.25, -0.2) is 8.78 Å². The van der Waals surface area contributed by atoms with E-state index >= 15 is 0 Å². The number of benzene rings is 1. The van der Waals surface area contributed by atoms with Gasteiger partial charge in [0.05, 0.1) is 7.11 Å². The van der Waals surface area contributed by atoms with Crippen molar-refractivity contribution in [2.45, 2.75) is 32.1 Å². The number of methoxy groups -OCH3 is 1. The summed E-state index contributed by atoms with van der Waals surface area (Å²) in [6, 6.07) is 4.71. The van der Waals surface area contributed by atoms with Crippen LogP contribution in [0.5, 0.6) is 5.75 Å². The molecular formula is C13H16F2O. The topological polar surface area (TPSA) is 9.23 Å². The Hall–Kier alpha value is -1.12. The first kappa shape index (κ1) is 11.4. The highest BCUT2D eigenvalue weighted by Crippen LogP contribution is 2.50. The molecule has 0 aliphatic heterocycles. The fourth-order valence-electron chi connectivity index (χ4n) is 1.94. The number of hydrogen-bond acceptors (Lipinski definition) is 1. The van der Waals surface area contributed by atoms with E-state index in [0.29, 0.717) is 25.0 Å². The molecule has 1 aliphatic carbocycles. The van der Waals surface area contributed by atoms with E-state index < -0.39 is 11.8 Å². The van der Waals surface area contributed by atoms with Crippen molar-refractivity contribution in [3.05, 3.63) is 29.3 Å². The molecule has 88 valence electrons. The fourth-order valence-corrected chi connectivity index (χ4v) is 1.94. The minimum atomic E-state index is -2.67. The molecule has 0 radical (unpaired) electrons. The zero-order valence-corrected chi connectivity index (χ0v) is 9.59. The van der Waals surface area contributed by atoms with Crippen LogP contribution >= 0.6 is 0 Å². The lowest BCUT2D eigenvalue weighted by Crippen LogP contribution is -2.16. The summed E-state index contributed by atoms with van der Waals surface area (Å²) in [6.07, 6.45) is 1.98. The maximum atomic E-state index is 13.9. The molecule has 0 N–H and O–H groups in total. The molecule has 0 spiro atoms. The first-order valence-corrected chi connectivity index (χ1v) is 5.64. The van der Waals surface area contributed by atoms with Gasteiger partial charge in [0.15, 0.2) is 0 Å². The van der Waals surface area contributed by atoms with E-state index in [9.17, 15) is 8.78 Å². The summed E-state index contributed by atoms with van der Waals surface area (Å²) in [6.45, 7) is 1.94. The standard InChI is InChI=1S/C13H16F2O/c1-3-9-8-11(6-7-12(9)16-2)13(14,15)10-4-5-10/h6-8,10H,3-5H2,1-2H3. The second-order valence-corrected chi connectivity index (χ2v) is 4.28. The number of rotatable bonds is 4. The van der Waals surface area contributed by atoms with Crippen LogP contribution in [0.3, 0.4) is 0 Å². The van der Waals surface area contributed by atoms with Crippen LogP contribution in [-0.4, -0.2) is 7.11 Å². The third kappa shape index (κ3) is 1.91. The first-order valence-electron chi connectivity index (χ1n) is 5.64. The molecule has 1 fully saturated rings. The Morgan fingerprint density at radius 1 is 1.38 bits per heavy atom. The van der Waals surface area contributed by atoms with Crippen molar-refractivity contribution < 1.29 is 13.5 Å². The quantitative estimate of drug-likeness (QED) is 0.759. The molecule has 16 heavy (non-hydrogen) atoms. The SMILES string of the molecule is CCc1cc(C(F)(F)C2CC2)ccc1OC. The summed E-state index contributed by atoms with van der Waals surface area (Å²) >= 11 is 0. The molecule has 1 nitrogen and oxygen atoms in total. The average molecular weight is 226 g/mol. The summed E-state index contributed by atoms with van der Waals surface area (Å²) in [4.78, 5) is 0. The smallest absolute Gasteiger partial charge is 0.276 e. The highest BCUT2D eigenvalue weighted by Gasteiger charge is 2.47. The molecule has 1 saturated carbocycles. The first-order chi connectivity index (χ1) is 7.59. The van der Waals surface area contributed by atoms with Crippen LogP contribution in [0.1, 0.15) is 30.9 Å². The largest absolute Gasteiger partial charge is 0.496 e. The van der Waals surface area contributed by atoms with Crippen LogP contribution in [0.2, 0.25) is 0 Å². The van der Waals surface area contributed by atoms with Crippen LogP contribution in [0, 0.1) is 5.92 Å². The predicted molar refractivity (Wildman–Crippen MR) is 59.0 cm³/mol. The Kier molecular flexibility index (Phi) is 2.87. The zero-order chi connectivity index (χ0) is 11.8. The lowest BCUT2D eigenvalue weighted by atomic mass is 10.00. The molecule has 3 heteroatoms. The van der Waals surface area contributed by atoms with Gasteiger partial charge in [0.2, 0.25) is 0 Å². The third-order valence-electron chi connectivity index (χ3n) is 3.14. The molecule has 0 aromatic heterocycles. The number of aryl methyl sites for hydroxylation is 1. The molecule has 0 saturated heterocycles. The minimum absolute atomic E-state index is 0.132. The average Bonchev–Trinajstić information content (AvgIpc) is 3.12. The summed E-state index contributed by atoms with van der Waals surface area (Å²) in [5.41, 5.74) is 0.980. The van der Waals surface area contributed by atoms with Crippen LogP contribution in [0.15, 0.2) is 18.2 Å². The van der Waals surface area contributed by atoms with Crippen LogP contribution in [0.4, 0.5) is 8.78 Å². The maximum Gasteiger partial charge on any atom is 0.276 e. The van der Waals surface area contributed by atoms with E-state index in [4.69, 9.17) is 4.74 Å². The van der Waals surface area contributed by atoms with Gasteiger partial charge in [0.1, 0.15) is 5.75 Å². The minimum Gasteiger partial charge on any atom is -0.496 e. The maximum absolute atomic E-state index is 13.9. The number of ether oxygens (including phenoxy) is 1. The molecule has 1 aliphatic rings. The number of alkyl halides is 2. The van der Waals surface area contributed by atoms with Gasteiger partial charge < -0.3 is 4.74 Å². The third-order valence-corrected chi connectivity index (χ3v) is 3.14. The Morgan fingerprint density at radius 2 is 2.06 bits per heavy atom. The van der Waals surface area contributed by atoms with Gasteiger partial charge in [-0.2, -0.15) is 0 Å². The normalized spacial score (nSPS) is 16.2. The number of halogens is 2. The Bertz CT molecular complexity index is 384. The molecule has 2 rings (SSSR count). The summed E-state index contributed by atoms with van der Waals surface area (Å²) in [5, 5.41) is 0. The van der Waals surface area contributed by atoms with Gasteiger partial charge in [-0.15, -0.1) is 0 Å². The van der Waals surface area contributed by atoms with Gasteiger partial charge in [-0.1, -0.05) is 6.92 Å².